The maximum Gasteiger partial charge on any atom is 0.220 e. The SMILES string of the molecule is CC(=O)N1CCc2[nH]cnc2C12CCN(C[C@@H]1CCOC1)CC2. The highest BCUT2D eigenvalue weighted by atomic mass is 16.5. The van der Waals surface area contributed by atoms with Gasteiger partial charge in [0.15, 0.2) is 0 Å². The average Bonchev–Trinajstić information content (AvgIpc) is 3.21. The van der Waals surface area contributed by atoms with Gasteiger partial charge < -0.3 is 19.5 Å². The van der Waals surface area contributed by atoms with E-state index < -0.39 is 0 Å². The molecule has 0 radical (unpaired) electrons. The van der Waals surface area contributed by atoms with Crippen LogP contribution in [-0.4, -0.2) is 65.1 Å². The molecule has 2 fully saturated rings. The predicted molar refractivity (Wildman–Crippen MR) is 86.0 cm³/mol. The fourth-order valence-corrected chi connectivity index (χ4v) is 4.64. The van der Waals surface area contributed by atoms with Gasteiger partial charge in [-0.05, 0) is 25.2 Å². The van der Waals surface area contributed by atoms with E-state index >= 15 is 0 Å². The first-order valence-corrected chi connectivity index (χ1v) is 8.80. The van der Waals surface area contributed by atoms with E-state index in [0.29, 0.717) is 5.92 Å². The lowest BCUT2D eigenvalue weighted by Gasteiger charge is -2.50. The van der Waals surface area contributed by atoms with Crippen LogP contribution in [0.4, 0.5) is 0 Å². The molecule has 4 heterocycles. The molecular weight excluding hydrogens is 292 g/mol. The van der Waals surface area contributed by atoms with Crippen molar-refractivity contribution in [2.75, 3.05) is 39.4 Å². The Morgan fingerprint density at radius 2 is 2.26 bits per heavy atom. The number of rotatable bonds is 2. The van der Waals surface area contributed by atoms with Crippen molar-refractivity contribution in [1.29, 1.82) is 0 Å². The molecule has 0 aliphatic carbocycles. The first-order valence-electron chi connectivity index (χ1n) is 8.80. The molecule has 1 N–H and O–H groups in total. The number of fused-ring (bicyclic) bond motifs is 2. The second-order valence-corrected chi connectivity index (χ2v) is 7.21. The van der Waals surface area contributed by atoms with Gasteiger partial charge in [-0.25, -0.2) is 4.98 Å². The minimum atomic E-state index is -0.192. The van der Waals surface area contributed by atoms with Gasteiger partial charge in [-0.15, -0.1) is 0 Å². The third-order valence-corrected chi connectivity index (χ3v) is 5.86. The van der Waals surface area contributed by atoms with Crippen LogP contribution in [0, 0.1) is 5.92 Å². The van der Waals surface area contributed by atoms with E-state index in [2.05, 4.69) is 19.8 Å². The number of amides is 1. The van der Waals surface area contributed by atoms with E-state index in [1.54, 1.807) is 13.3 Å². The zero-order valence-corrected chi connectivity index (χ0v) is 13.9. The number of ether oxygens (including phenoxy) is 1. The van der Waals surface area contributed by atoms with Crippen molar-refractivity contribution in [2.45, 2.75) is 38.1 Å². The lowest BCUT2D eigenvalue weighted by Crippen LogP contribution is -2.58. The smallest absolute Gasteiger partial charge is 0.220 e. The molecule has 0 saturated carbocycles. The Morgan fingerprint density at radius 1 is 1.43 bits per heavy atom. The molecule has 0 bridgehead atoms. The average molecular weight is 318 g/mol. The first-order chi connectivity index (χ1) is 11.2. The number of hydrogen-bond acceptors (Lipinski definition) is 4. The Bertz CT molecular complexity index is 571. The molecule has 3 aliphatic heterocycles. The van der Waals surface area contributed by atoms with E-state index in [9.17, 15) is 4.79 Å². The number of aromatic amines is 1. The minimum Gasteiger partial charge on any atom is -0.381 e. The quantitative estimate of drug-likeness (QED) is 0.888. The summed E-state index contributed by atoms with van der Waals surface area (Å²) >= 11 is 0. The monoisotopic (exact) mass is 318 g/mol. The summed E-state index contributed by atoms with van der Waals surface area (Å²) in [6, 6.07) is 0. The van der Waals surface area contributed by atoms with E-state index in [-0.39, 0.29) is 11.4 Å². The summed E-state index contributed by atoms with van der Waals surface area (Å²) in [7, 11) is 0. The number of carbonyl (C=O) groups is 1. The van der Waals surface area contributed by atoms with Crippen molar-refractivity contribution in [3.05, 3.63) is 17.7 Å². The molecule has 1 aromatic heterocycles. The summed E-state index contributed by atoms with van der Waals surface area (Å²) in [5.41, 5.74) is 2.14. The third kappa shape index (κ3) is 2.58. The van der Waals surface area contributed by atoms with E-state index in [0.717, 1.165) is 64.3 Å². The molecule has 23 heavy (non-hydrogen) atoms. The Hall–Kier alpha value is -1.40. The van der Waals surface area contributed by atoms with Crippen LogP contribution in [0.1, 0.15) is 37.6 Å². The van der Waals surface area contributed by atoms with Gasteiger partial charge in [-0.3, -0.25) is 4.79 Å². The van der Waals surface area contributed by atoms with Gasteiger partial charge in [0.25, 0.3) is 0 Å². The van der Waals surface area contributed by atoms with Crippen molar-refractivity contribution in [1.82, 2.24) is 19.8 Å². The number of nitrogens with zero attached hydrogens (tertiary/aromatic N) is 3. The zero-order chi connectivity index (χ0) is 15.9. The van der Waals surface area contributed by atoms with Crippen LogP contribution in [0.15, 0.2) is 6.33 Å². The van der Waals surface area contributed by atoms with E-state index in [4.69, 9.17) is 4.74 Å². The number of nitrogens with one attached hydrogen (secondary N) is 1. The minimum absolute atomic E-state index is 0.177. The number of imidazole rings is 1. The molecule has 3 aliphatic rings. The fourth-order valence-electron chi connectivity index (χ4n) is 4.64. The van der Waals surface area contributed by atoms with Crippen LogP contribution in [0.25, 0.3) is 0 Å². The molecule has 126 valence electrons. The Labute approximate surface area is 137 Å². The van der Waals surface area contributed by atoms with Crippen molar-refractivity contribution in [3.8, 4) is 0 Å². The van der Waals surface area contributed by atoms with Gasteiger partial charge in [0.1, 0.15) is 0 Å². The fraction of sp³-hybridized carbons (Fsp3) is 0.765. The van der Waals surface area contributed by atoms with Crippen LogP contribution in [0.2, 0.25) is 0 Å². The molecule has 6 nitrogen and oxygen atoms in total. The lowest BCUT2D eigenvalue weighted by molar-refractivity contribution is -0.139. The van der Waals surface area contributed by atoms with E-state index in [1.165, 1.54) is 12.1 Å². The summed E-state index contributed by atoms with van der Waals surface area (Å²) in [5, 5.41) is 0. The summed E-state index contributed by atoms with van der Waals surface area (Å²) < 4.78 is 5.50. The number of hydrogen-bond donors (Lipinski definition) is 1. The van der Waals surface area contributed by atoms with Gasteiger partial charge in [-0.1, -0.05) is 0 Å². The van der Waals surface area contributed by atoms with Crippen LogP contribution < -0.4 is 0 Å². The van der Waals surface area contributed by atoms with Crippen LogP contribution in [0.5, 0.6) is 0 Å². The molecule has 6 heteroatoms. The maximum absolute atomic E-state index is 12.2. The van der Waals surface area contributed by atoms with Crippen LogP contribution >= 0.6 is 0 Å². The Balaban J connectivity index is 1.52. The van der Waals surface area contributed by atoms with Gasteiger partial charge in [0, 0.05) is 51.8 Å². The molecule has 0 aromatic carbocycles. The number of likely N-dealkylation sites (tertiary alicyclic amines) is 1. The lowest BCUT2D eigenvalue weighted by atomic mass is 9.78. The van der Waals surface area contributed by atoms with Crippen LogP contribution in [-0.2, 0) is 21.5 Å². The van der Waals surface area contributed by atoms with E-state index in [1.807, 2.05) is 0 Å². The van der Waals surface area contributed by atoms with Crippen molar-refractivity contribution in [3.63, 3.8) is 0 Å². The third-order valence-electron chi connectivity index (χ3n) is 5.86. The highest BCUT2D eigenvalue weighted by Crippen LogP contribution is 2.42. The predicted octanol–water partition coefficient (Wildman–Crippen LogP) is 1.14. The molecule has 1 spiro atoms. The van der Waals surface area contributed by atoms with Crippen molar-refractivity contribution < 1.29 is 9.53 Å². The van der Waals surface area contributed by atoms with Gasteiger partial charge in [-0.2, -0.15) is 0 Å². The molecule has 4 rings (SSSR count). The van der Waals surface area contributed by atoms with Crippen molar-refractivity contribution >= 4 is 5.91 Å². The summed E-state index contributed by atoms with van der Waals surface area (Å²) in [6.45, 7) is 7.52. The van der Waals surface area contributed by atoms with Crippen molar-refractivity contribution in [2.24, 2.45) is 5.92 Å². The second kappa shape index (κ2) is 5.91. The zero-order valence-electron chi connectivity index (χ0n) is 13.9. The van der Waals surface area contributed by atoms with Gasteiger partial charge in [0.2, 0.25) is 5.91 Å². The number of piperidine rings is 1. The second-order valence-electron chi connectivity index (χ2n) is 7.21. The molecule has 1 amide bonds. The maximum atomic E-state index is 12.2. The number of H-pyrrole nitrogens is 1. The van der Waals surface area contributed by atoms with Gasteiger partial charge >= 0.3 is 0 Å². The summed E-state index contributed by atoms with van der Waals surface area (Å²) in [5.74, 6) is 0.858. The normalized spacial score (nSPS) is 27.3. The summed E-state index contributed by atoms with van der Waals surface area (Å²) in [6.07, 6.45) is 5.83. The van der Waals surface area contributed by atoms with Gasteiger partial charge in [0.05, 0.1) is 24.2 Å². The van der Waals surface area contributed by atoms with Crippen LogP contribution in [0.3, 0.4) is 0 Å². The molecule has 1 aromatic rings. The Morgan fingerprint density at radius 3 is 2.96 bits per heavy atom. The highest BCUT2D eigenvalue weighted by Gasteiger charge is 2.47. The highest BCUT2D eigenvalue weighted by molar-refractivity contribution is 5.75. The Kier molecular flexibility index (Phi) is 3.89. The largest absolute Gasteiger partial charge is 0.381 e. The molecule has 1 atom stereocenters. The number of carbonyl (C=O) groups excluding carboxylic acids is 1. The number of aromatic nitrogens is 2. The summed E-state index contributed by atoms with van der Waals surface area (Å²) in [4.78, 5) is 24.7. The standard InChI is InChI=1S/C17H26N4O2/c1-13(22)21-6-2-15-16(19-12-18-15)17(21)4-7-20(8-5-17)10-14-3-9-23-11-14/h12,14H,2-11H2,1H3,(H,18,19)/t14-/m0/s1. The molecular formula is C17H26N4O2. The molecule has 0 unspecified atom stereocenters. The molecule has 2 saturated heterocycles. The first kappa shape index (κ1) is 15.1. The topological polar surface area (TPSA) is 61.5 Å².